The monoisotopic (exact) mass is 595 g/mol. The molecule has 0 radical (unpaired) electrons. The topological polar surface area (TPSA) is 125 Å². The zero-order valence-electron chi connectivity index (χ0n) is 23.7. The number of pyridine rings is 1. The molecule has 13 heteroatoms. The van der Waals surface area contributed by atoms with Crippen molar-refractivity contribution in [2.24, 2.45) is 0 Å². The van der Waals surface area contributed by atoms with E-state index in [9.17, 15) is 22.8 Å². The number of Topliss-reactive ketones (excluding diaryl/α,β-unsaturated/α-hetero) is 1. The summed E-state index contributed by atoms with van der Waals surface area (Å²) >= 11 is 0. The maximum atomic E-state index is 13.4. The smallest absolute Gasteiger partial charge is 0.417 e. The highest BCUT2D eigenvalue weighted by atomic mass is 19.4. The van der Waals surface area contributed by atoms with Gasteiger partial charge in [0.2, 0.25) is 5.88 Å². The summed E-state index contributed by atoms with van der Waals surface area (Å²) < 4.78 is 57.0. The largest absolute Gasteiger partial charge is 0.497 e. The van der Waals surface area contributed by atoms with Crippen LogP contribution in [0.3, 0.4) is 0 Å². The SMILES string of the molecule is CCOc1cc(OCc2ccc(OC)cc2)ncc1-c1ncc(NC(=O)Nc2ccc(C(C)=O)c(C(F)(F)F)c2)c(C)n1. The van der Waals surface area contributed by atoms with Crippen LogP contribution in [0.2, 0.25) is 0 Å². The average Bonchev–Trinajstić information content (AvgIpc) is 2.97. The lowest BCUT2D eigenvalue weighted by atomic mass is 10.0. The summed E-state index contributed by atoms with van der Waals surface area (Å²) in [7, 11) is 1.59. The third-order valence-electron chi connectivity index (χ3n) is 6.12. The minimum Gasteiger partial charge on any atom is -0.497 e. The Morgan fingerprint density at radius 2 is 1.70 bits per heavy atom. The van der Waals surface area contributed by atoms with Crippen molar-refractivity contribution in [1.82, 2.24) is 15.0 Å². The summed E-state index contributed by atoms with van der Waals surface area (Å²) in [5.41, 5.74) is 0.237. The van der Waals surface area contributed by atoms with Crippen LogP contribution in [0.4, 0.5) is 29.3 Å². The molecule has 0 bridgehead atoms. The van der Waals surface area contributed by atoms with Crippen molar-refractivity contribution >= 4 is 23.2 Å². The van der Waals surface area contributed by atoms with Gasteiger partial charge in [0.05, 0.1) is 42.4 Å². The zero-order valence-corrected chi connectivity index (χ0v) is 23.7. The zero-order chi connectivity index (χ0) is 31.1. The summed E-state index contributed by atoms with van der Waals surface area (Å²) in [5, 5.41) is 4.86. The quantitative estimate of drug-likeness (QED) is 0.194. The van der Waals surface area contributed by atoms with Crippen LogP contribution in [-0.2, 0) is 12.8 Å². The Kier molecular flexibility index (Phi) is 9.43. The van der Waals surface area contributed by atoms with Gasteiger partial charge in [-0.3, -0.25) is 4.79 Å². The molecule has 0 saturated heterocycles. The van der Waals surface area contributed by atoms with Crippen LogP contribution < -0.4 is 24.8 Å². The number of halogens is 3. The number of aryl methyl sites for hydroxylation is 1. The molecule has 2 amide bonds. The Bertz CT molecular complexity index is 1630. The van der Waals surface area contributed by atoms with Crippen molar-refractivity contribution in [1.29, 1.82) is 0 Å². The van der Waals surface area contributed by atoms with Crippen LogP contribution in [0.15, 0.2) is 60.9 Å². The molecule has 0 fully saturated rings. The fraction of sp³-hybridized carbons (Fsp3) is 0.233. The molecule has 4 rings (SSSR count). The standard InChI is InChI=1S/C30H28F3N5O5/c1-5-42-26-13-27(43-16-19-6-9-21(41-4)10-7-19)34-14-23(26)28-35-15-25(17(2)36-28)38-29(40)37-20-8-11-22(18(3)39)24(12-20)30(31,32)33/h6-15H,5,16H2,1-4H3,(H2,37,38,40). The molecule has 10 nitrogen and oxygen atoms in total. The number of ether oxygens (including phenoxy) is 3. The molecular weight excluding hydrogens is 567 g/mol. The molecule has 0 unspecified atom stereocenters. The van der Waals surface area contributed by atoms with Gasteiger partial charge in [0.15, 0.2) is 11.6 Å². The number of urea groups is 1. The van der Waals surface area contributed by atoms with E-state index in [1.807, 2.05) is 31.2 Å². The third kappa shape index (κ3) is 7.76. The molecule has 43 heavy (non-hydrogen) atoms. The molecule has 0 atom stereocenters. The van der Waals surface area contributed by atoms with E-state index in [-0.39, 0.29) is 23.8 Å². The molecule has 4 aromatic rings. The van der Waals surface area contributed by atoms with E-state index in [2.05, 4.69) is 25.6 Å². The van der Waals surface area contributed by atoms with Crippen LogP contribution in [-0.4, -0.2) is 40.5 Å². The fourth-order valence-electron chi connectivity index (χ4n) is 3.99. The number of rotatable bonds is 10. The second-order valence-electron chi connectivity index (χ2n) is 9.17. The van der Waals surface area contributed by atoms with Crippen molar-refractivity contribution in [2.45, 2.75) is 33.6 Å². The second-order valence-corrected chi connectivity index (χ2v) is 9.17. The number of carbonyl (C=O) groups is 2. The van der Waals surface area contributed by atoms with Gasteiger partial charge in [-0.2, -0.15) is 13.2 Å². The van der Waals surface area contributed by atoms with E-state index in [0.717, 1.165) is 24.3 Å². The Morgan fingerprint density at radius 3 is 2.33 bits per heavy atom. The van der Waals surface area contributed by atoms with E-state index in [1.54, 1.807) is 20.1 Å². The van der Waals surface area contributed by atoms with Gasteiger partial charge in [0.1, 0.15) is 18.1 Å². The number of aromatic nitrogens is 3. The molecule has 224 valence electrons. The van der Waals surface area contributed by atoms with Crippen LogP contribution in [0.25, 0.3) is 11.4 Å². The molecule has 2 aromatic heterocycles. The predicted octanol–water partition coefficient (Wildman–Crippen LogP) is 6.70. The highest BCUT2D eigenvalue weighted by molar-refractivity contribution is 6.01. The van der Waals surface area contributed by atoms with Gasteiger partial charge in [-0.15, -0.1) is 0 Å². The van der Waals surface area contributed by atoms with Crippen molar-refractivity contribution in [3.05, 3.63) is 83.3 Å². The predicted molar refractivity (Wildman–Crippen MR) is 153 cm³/mol. The third-order valence-corrected chi connectivity index (χ3v) is 6.12. The van der Waals surface area contributed by atoms with E-state index >= 15 is 0 Å². The first kappa shape index (κ1) is 30.8. The molecule has 0 saturated carbocycles. The lowest BCUT2D eigenvalue weighted by Crippen LogP contribution is -2.21. The first-order valence-corrected chi connectivity index (χ1v) is 13.0. The number of methoxy groups -OCH3 is 1. The molecule has 0 spiro atoms. The van der Waals surface area contributed by atoms with Crippen molar-refractivity contribution in [3.63, 3.8) is 0 Å². The highest BCUT2D eigenvalue weighted by Gasteiger charge is 2.34. The van der Waals surface area contributed by atoms with Gasteiger partial charge in [-0.05, 0) is 56.7 Å². The number of nitrogens with zero attached hydrogens (tertiary/aromatic N) is 3. The number of nitrogens with one attached hydrogen (secondary N) is 2. The minimum absolute atomic E-state index is 0.147. The van der Waals surface area contributed by atoms with Crippen LogP contribution >= 0.6 is 0 Å². The average molecular weight is 596 g/mol. The lowest BCUT2D eigenvalue weighted by Gasteiger charge is -2.15. The van der Waals surface area contributed by atoms with Crippen LogP contribution in [0, 0.1) is 6.92 Å². The summed E-state index contributed by atoms with van der Waals surface area (Å²) in [6.07, 6.45) is -1.89. The number of benzene rings is 2. The number of hydrogen-bond acceptors (Lipinski definition) is 8. The molecule has 2 aromatic carbocycles. The number of ketones is 1. The Labute approximate surface area is 245 Å². The van der Waals surface area contributed by atoms with E-state index < -0.39 is 29.1 Å². The van der Waals surface area contributed by atoms with Gasteiger partial charge < -0.3 is 24.8 Å². The van der Waals surface area contributed by atoms with Crippen molar-refractivity contribution in [3.8, 4) is 28.8 Å². The van der Waals surface area contributed by atoms with Gasteiger partial charge in [0, 0.05) is 23.5 Å². The van der Waals surface area contributed by atoms with E-state index in [1.165, 1.54) is 18.5 Å². The highest BCUT2D eigenvalue weighted by Crippen LogP contribution is 2.34. The number of hydrogen-bond donors (Lipinski definition) is 2. The Balaban J connectivity index is 1.47. The number of amides is 2. The molecule has 0 aliphatic carbocycles. The lowest BCUT2D eigenvalue weighted by molar-refractivity contribution is -0.137. The van der Waals surface area contributed by atoms with Gasteiger partial charge >= 0.3 is 12.2 Å². The van der Waals surface area contributed by atoms with Gasteiger partial charge in [-0.25, -0.2) is 19.7 Å². The molecule has 2 heterocycles. The minimum atomic E-state index is -4.77. The maximum absolute atomic E-state index is 13.4. The Hall–Kier alpha value is -5.20. The summed E-state index contributed by atoms with van der Waals surface area (Å²) in [6, 6.07) is 11.2. The second kappa shape index (κ2) is 13.2. The van der Waals surface area contributed by atoms with Crippen molar-refractivity contribution < 1.29 is 37.0 Å². The van der Waals surface area contributed by atoms with Crippen molar-refractivity contribution in [2.75, 3.05) is 24.4 Å². The summed E-state index contributed by atoms with van der Waals surface area (Å²) in [6.45, 7) is 5.13. The normalized spacial score (nSPS) is 11.0. The fourth-order valence-corrected chi connectivity index (χ4v) is 3.99. The summed E-state index contributed by atoms with van der Waals surface area (Å²) in [5.74, 6) is 1.04. The Morgan fingerprint density at radius 1 is 0.953 bits per heavy atom. The van der Waals surface area contributed by atoms with Crippen LogP contribution in [0.1, 0.15) is 41.0 Å². The summed E-state index contributed by atoms with van der Waals surface area (Å²) in [4.78, 5) is 37.3. The first-order chi connectivity index (χ1) is 20.5. The molecule has 2 N–H and O–H groups in total. The first-order valence-electron chi connectivity index (χ1n) is 13.0. The molecule has 0 aliphatic rings. The maximum Gasteiger partial charge on any atom is 0.417 e. The van der Waals surface area contributed by atoms with E-state index in [4.69, 9.17) is 14.2 Å². The molecule has 0 aliphatic heterocycles. The van der Waals surface area contributed by atoms with Crippen LogP contribution in [0.5, 0.6) is 17.4 Å². The van der Waals surface area contributed by atoms with Gasteiger partial charge in [0.25, 0.3) is 0 Å². The number of carbonyl (C=O) groups excluding carboxylic acids is 2. The molecular formula is C30H28F3N5O5. The number of anilines is 2. The number of alkyl halides is 3. The van der Waals surface area contributed by atoms with Gasteiger partial charge in [-0.1, -0.05) is 12.1 Å². The van der Waals surface area contributed by atoms with E-state index in [0.29, 0.717) is 35.6 Å².